The predicted molar refractivity (Wildman–Crippen MR) is 63.9 cm³/mol. The number of carboxylic acid groups (broad SMARTS) is 1. The van der Waals surface area contributed by atoms with Crippen LogP contribution >= 0.6 is 0 Å². The molecule has 0 spiro atoms. The summed E-state index contributed by atoms with van der Waals surface area (Å²) < 4.78 is 4.60. The van der Waals surface area contributed by atoms with Gasteiger partial charge in [-0.15, -0.1) is 0 Å². The zero-order chi connectivity index (χ0) is 13.8. The van der Waals surface area contributed by atoms with Crippen LogP contribution in [0.2, 0.25) is 0 Å². The van der Waals surface area contributed by atoms with Gasteiger partial charge in [0, 0.05) is 0 Å². The Hall–Kier alpha value is -1.92. The van der Waals surface area contributed by atoms with Gasteiger partial charge in [0.1, 0.15) is 5.92 Å². The molecule has 7 nitrogen and oxygen atoms in total. The molecular weight excluding hydrogens is 250 g/mol. The molecule has 1 aliphatic carbocycles. The van der Waals surface area contributed by atoms with Crippen molar-refractivity contribution < 1.29 is 19.2 Å². The van der Waals surface area contributed by atoms with Gasteiger partial charge in [0.15, 0.2) is 5.82 Å². The summed E-state index contributed by atoms with van der Waals surface area (Å²) >= 11 is 0. The molecular formula is C12H17N3O4. The van der Waals surface area contributed by atoms with Crippen LogP contribution in [0.3, 0.4) is 0 Å². The van der Waals surface area contributed by atoms with Crippen molar-refractivity contribution in [2.45, 2.75) is 38.6 Å². The summed E-state index contributed by atoms with van der Waals surface area (Å²) in [6, 6.07) is -0.463. The number of aromatic nitrogens is 2. The summed E-state index contributed by atoms with van der Waals surface area (Å²) in [4.78, 5) is 27.2. The second-order valence-electron chi connectivity index (χ2n) is 4.88. The van der Waals surface area contributed by atoms with Crippen LogP contribution in [0.15, 0.2) is 10.9 Å². The number of hydrogen-bond donors (Lipinski definition) is 2. The average Bonchev–Trinajstić information content (AvgIpc) is 3.01. The van der Waals surface area contributed by atoms with Crippen LogP contribution in [0.1, 0.15) is 44.5 Å². The standard InChI is InChI=1S/C12H17N3O4/c1-7(10-13-6-19-15-10)14-11(16)9(12(17)18)8-4-2-3-5-8/h6-9H,2-5H2,1H3,(H,14,16)(H,17,18). The van der Waals surface area contributed by atoms with Crippen molar-refractivity contribution in [2.24, 2.45) is 11.8 Å². The molecule has 2 atom stereocenters. The number of rotatable bonds is 5. The summed E-state index contributed by atoms with van der Waals surface area (Å²) in [5.41, 5.74) is 0. The first-order chi connectivity index (χ1) is 9.09. The summed E-state index contributed by atoms with van der Waals surface area (Å²) in [5.74, 6) is -2.27. The lowest BCUT2D eigenvalue weighted by molar-refractivity contribution is -0.149. The van der Waals surface area contributed by atoms with Gasteiger partial charge in [-0.1, -0.05) is 18.0 Å². The number of carbonyl (C=O) groups excluding carboxylic acids is 1. The highest BCUT2D eigenvalue weighted by atomic mass is 16.5. The molecule has 0 radical (unpaired) electrons. The van der Waals surface area contributed by atoms with Gasteiger partial charge >= 0.3 is 5.97 Å². The van der Waals surface area contributed by atoms with Crippen molar-refractivity contribution in [1.29, 1.82) is 0 Å². The molecule has 0 bridgehead atoms. The molecule has 2 rings (SSSR count). The van der Waals surface area contributed by atoms with Gasteiger partial charge in [0.25, 0.3) is 0 Å². The van der Waals surface area contributed by atoms with Gasteiger partial charge in [-0.2, -0.15) is 4.98 Å². The molecule has 1 heterocycles. The molecule has 1 fully saturated rings. The molecule has 1 aliphatic rings. The third-order valence-corrected chi connectivity index (χ3v) is 3.54. The predicted octanol–water partition coefficient (Wildman–Crippen LogP) is 1.14. The number of aliphatic carboxylic acids is 1. The number of hydrogen-bond acceptors (Lipinski definition) is 5. The summed E-state index contributed by atoms with van der Waals surface area (Å²) in [7, 11) is 0. The molecule has 2 unspecified atom stereocenters. The number of carbonyl (C=O) groups is 2. The number of nitrogens with zero attached hydrogens (tertiary/aromatic N) is 2. The van der Waals surface area contributed by atoms with Gasteiger partial charge in [0.05, 0.1) is 6.04 Å². The van der Waals surface area contributed by atoms with E-state index in [0.717, 1.165) is 25.7 Å². The van der Waals surface area contributed by atoms with Crippen molar-refractivity contribution in [3.63, 3.8) is 0 Å². The van der Waals surface area contributed by atoms with E-state index in [4.69, 9.17) is 0 Å². The van der Waals surface area contributed by atoms with Crippen molar-refractivity contribution in [3.8, 4) is 0 Å². The minimum atomic E-state index is -1.07. The first-order valence-electron chi connectivity index (χ1n) is 6.39. The Kier molecular flexibility index (Phi) is 4.13. The molecule has 2 N–H and O–H groups in total. The fraction of sp³-hybridized carbons (Fsp3) is 0.667. The van der Waals surface area contributed by atoms with Crippen molar-refractivity contribution in [3.05, 3.63) is 12.2 Å². The van der Waals surface area contributed by atoms with E-state index in [1.165, 1.54) is 6.39 Å². The third kappa shape index (κ3) is 3.10. The lowest BCUT2D eigenvalue weighted by atomic mass is 9.90. The summed E-state index contributed by atoms with van der Waals surface area (Å²) in [5, 5.41) is 15.5. The Morgan fingerprint density at radius 2 is 2.16 bits per heavy atom. The maximum atomic E-state index is 12.1. The SMILES string of the molecule is CC(NC(=O)C(C(=O)O)C1CCCC1)c1ncon1. The largest absolute Gasteiger partial charge is 0.481 e. The van der Waals surface area contributed by atoms with Gasteiger partial charge in [-0.25, -0.2) is 0 Å². The van der Waals surface area contributed by atoms with Crippen LogP contribution in [0.5, 0.6) is 0 Å². The van der Waals surface area contributed by atoms with Crippen LogP contribution in [0.25, 0.3) is 0 Å². The van der Waals surface area contributed by atoms with E-state index in [1.807, 2.05) is 0 Å². The second kappa shape index (κ2) is 5.81. The molecule has 19 heavy (non-hydrogen) atoms. The molecule has 7 heteroatoms. The zero-order valence-corrected chi connectivity index (χ0v) is 10.7. The third-order valence-electron chi connectivity index (χ3n) is 3.54. The Morgan fingerprint density at radius 1 is 1.47 bits per heavy atom. The lowest BCUT2D eigenvalue weighted by Gasteiger charge is -2.20. The minimum Gasteiger partial charge on any atom is -0.481 e. The summed E-state index contributed by atoms with van der Waals surface area (Å²) in [6.07, 6.45) is 4.73. The van der Waals surface area contributed by atoms with E-state index in [9.17, 15) is 14.7 Å². The van der Waals surface area contributed by atoms with Crippen LogP contribution in [-0.2, 0) is 9.59 Å². The number of amides is 1. The topological polar surface area (TPSA) is 105 Å². The fourth-order valence-corrected chi connectivity index (χ4v) is 2.56. The monoisotopic (exact) mass is 267 g/mol. The van der Waals surface area contributed by atoms with Gasteiger partial charge < -0.3 is 14.9 Å². The highest BCUT2D eigenvalue weighted by molar-refractivity contribution is 5.97. The van der Waals surface area contributed by atoms with E-state index in [0.29, 0.717) is 5.82 Å². The van der Waals surface area contributed by atoms with E-state index < -0.39 is 23.8 Å². The normalized spacial score (nSPS) is 19.0. The first-order valence-corrected chi connectivity index (χ1v) is 6.39. The number of carboxylic acids is 1. The minimum absolute atomic E-state index is 0.0741. The second-order valence-corrected chi connectivity index (χ2v) is 4.88. The van der Waals surface area contributed by atoms with Gasteiger partial charge in [-0.05, 0) is 25.7 Å². The molecule has 0 aliphatic heterocycles. The Balaban J connectivity index is 2.01. The van der Waals surface area contributed by atoms with Crippen molar-refractivity contribution in [2.75, 3.05) is 0 Å². The van der Waals surface area contributed by atoms with Crippen LogP contribution in [-0.4, -0.2) is 27.1 Å². The van der Waals surface area contributed by atoms with E-state index in [-0.39, 0.29) is 5.92 Å². The summed E-state index contributed by atoms with van der Waals surface area (Å²) in [6.45, 7) is 1.69. The Bertz CT molecular complexity index is 440. The van der Waals surface area contributed by atoms with Gasteiger partial charge in [0.2, 0.25) is 12.3 Å². The molecule has 1 aromatic heterocycles. The highest BCUT2D eigenvalue weighted by Gasteiger charge is 2.37. The van der Waals surface area contributed by atoms with Crippen LogP contribution < -0.4 is 5.32 Å². The maximum Gasteiger partial charge on any atom is 0.316 e. The van der Waals surface area contributed by atoms with Crippen molar-refractivity contribution in [1.82, 2.24) is 15.5 Å². The smallest absolute Gasteiger partial charge is 0.316 e. The zero-order valence-electron chi connectivity index (χ0n) is 10.7. The molecule has 104 valence electrons. The Labute approximate surface area is 110 Å². The fourth-order valence-electron chi connectivity index (χ4n) is 2.56. The molecule has 1 saturated carbocycles. The average molecular weight is 267 g/mol. The number of nitrogens with one attached hydrogen (secondary N) is 1. The highest BCUT2D eigenvalue weighted by Crippen LogP contribution is 2.32. The Morgan fingerprint density at radius 3 is 2.68 bits per heavy atom. The molecule has 0 aromatic carbocycles. The molecule has 1 amide bonds. The van der Waals surface area contributed by atoms with E-state index in [2.05, 4.69) is 20.0 Å². The maximum absolute atomic E-state index is 12.1. The molecule has 1 aromatic rings. The molecule has 0 saturated heterocycles. The van der Waals surface area contributed by atoms with Crippen LogP contribution in [0.4, 0.5) is 0 Å². The van der Waals surface area contributed by atoms with Crippen molar-refractivity contribution >= 4 is 11.9 Å². The van der Waals surface area contributed by atoms with Gasteiger partial charge in [-0.3, -0.25) is 9.59 Å². The first kappa shape index (κ1) is 13.5. The lowest BCUT2D eigenvalue weighted by Crippen LogP contribution is -2.40. The van der Waals surface area contributed by atoms with E-state index in [1.54, 1.807) is 6.92 Å². The van der Waals surface area contributed by atoms with E-state index >= 15 is 0 Å². The quantitative estimate of drug-likeness (QED) is 0.775. The van der Waals surface area contributed by atoms with Crippen LogP contribution in [0, 0.1) is 11.8 Å².